The lowest BCUT2D eigenvalue weighted by Gasteiger charge is -2.40. The van der Waals surface area contributed by atoms with Crippen molar-refractivity contribution in [1.82, 2.24) is 0 Å². The average Bonchev–Trinajstić information content (AvgIpc) is 2.53. The summed E-state index contributed by atoms with van der Waals surface area (Å²) in [6, 6.07) is 18.2. The van der Waals surface area contributed by atoms with Crippen LogP contribution in [-0.2, 0) is 0 Å². The zero-order valence-electron chi connectivity index (χ0n) is 18.6. The van der Waals surface area contributed by atoms with Crippen molar-refractivity contribution in [3.05, 3.63) is 59.7 Å². The summed E-state index contributed by atoms with van der Waals surface area (Å²) in [4.78, 5) is 4.32. The molecule has 0 amide bonds. The first-order chi connectivity index (χ1) is 12.4. The van der Waals surface area contributed by atoms with Gasteiger partial charge in [0.25, 0.3) is 0 Å². The van der Waals surface area contributed by atoms with Gasteiger partial charge in [-0.3, -0.25) is 0 Å². The van der Waals surface area contributed by atoms with Crippen molar-refractivity contribution >= 4 is 20.0 Å². The number of hydrogen-bond acceptors (Lipinski definition) is 2. The van der Waals surface area contributed by atoms with Crippen LogP contribution in [0.25, 0.3) is 0 Å². The van der Waals surface area contributed by atoms with E-state index in [1.807, 2.05) is 0 Å². The summed E-state index contributed by atoms with van der Waals surface area (Å²) >= 11 is 0. The van der Waals surface area contributed by atoms with Crippen LogP contribution in [0.4, 0.5) is 11.4 Å². The summed E-state index contributed by atoms with van der Waals surface area (Å²) < 4.78 is 0. The maximum atomic E-state index is 2.43. The van der Waals surface area contributed by atoms with Crippen molar-refractivity contribution < 1.29 is 0 Å². The van der Waals surface area contributed by atoms with Gasteiger partial charge in [-0.25, -0.2) is 0 Å². The van der Waals surface area contributed by atoms with Gasteiger partial charge in [-0.2, -0.15) is 0 Å². The van der Waals surface area contributed by atoms with Crippen LogP contribution in [0.3, 0.4) is 0 Å². The Morgan fingerprint density at radius 1 is 0.630 bits per heavy atom. The first kappa shape index (κ1) is 21.8. The quantitative estimate of drug-likeness (QED) is 0.547. The molecule has 2 nitrogen and oxygen atoms in total. The third-order valence-corrected chi connectivity index (χ3v) is 6.59. The van der Waals surface area contributed by atoms with Crippen LogP contribution in [0.2, 0.25) is 0 Å². The molecule has 0 N–H and O–H groups in total. The van der Waals surface area contributed by atoms with E-state index in [4.69, 9.17) is 0 Å². The molecule has 0 aliphatic rings. The molecule has 0 heterocycles. The normalized spacial score (nSPS) is 12.8. The molecule has 2 aromatic rings. The molecule has 0 spiro atoms. The zero-order valence-corrected chi connectivity index (χ0v) is 19.6. The van der Waals surface area contributed by atoms with Gasteiger partial charge in [0.15, 0.2) is 0 Å². The monoisotopic (exact) mass is 384 g/mol. The Hall–Kier alpha value is -1.53. The minimum absolute atomic E-state index is 0.178. The lowest BCUT2D eigenvalue weighted by molar-refractivity contribution is 0.594. The lowest BCUT2D eigenvalue weighted by Crippen LogP contribution is -2.30. The van der Waals surface area contributed by atoms with Gasteiger partial charge in [0.1, 0.15) is 0 Å². The smallest absolute Gasteiger partial charge is 0.0361 e. The van der Waals surface area contributed by atoms with Gasteiger partial charge in [-0.05, 0) is 45.7 Å². The van der Waals surface area contributed by atoms with Crippen molar-refractivity contribution in [3.63, 3.8) is 0 Å². The highest BCUT2D eigenvalue weighted by molar-refractivity contribution is 7.41. The van der Waals surface area contributed by atoms with Crippen molar-refractivity contribution in [2.45, 2.75) is 50.8 Å². The fourth-order valence-electron chi connectivity index (χ4n) is 3.99. The molecule has 0 bridgehead atoms. The van der Waals surface area contributed by atoms with Crippen LogP contribution in [0, 0.1) is 0 Å². The van der Waals surface area contributed by atoms with Gasteiger partial charge >= 0.3 is 0 Å². The molecule has 1 atom stereocenters. The highest BCUT2D eigenvalue weighted by Crippen LogP contribution is 2.52. The summed E-state index contributed by atoms with van der Waals surface area (Å²) in [5.74, 6) is 0.377. The third-order valence-electron chi connectivity index (χ3n) is 4.90. The molecule has 27 heavy (non-hydrogen) atoms. The molecule has 0 radical (unpaired) electrons. The van der Waals surface area contributed by atoms with E-state index in [2.05, 4.69) is 121 Å². The van der Waals surface area contributed by atoms with Crippen LogP contribution < -0.4 is 9.80 Å². The highest BCUT2D eigenvalue weighted by atomic mass is 31.1. The highest BCUT2D eigenvalue weighted by Gasteiger charge is 2.35. The van der Waals surface area contributed by atoms with Crippen LogP contribution >= 0.6 is 8.58 Å². The molecule has 0 saturated carbocycles. The second kappa shape index (κ2) is 8.23. The van der Waals surface area contributed by atoms with E-state index in [0.29, 0.717) is 11.1 Å². The number of hydrogen-bond donors (Lipinski definition) is 0. The SMILES string of the molecule is CN(C)c1ccc(C(c2ccc(N(C)C)cc2)C(C)(C)PC(C)(C)C)cc1. The summed E-state index contributed by atoms with van der Waals surface area (Å²) in [6.07, 6.45) is 0. The molecule has 0 aliphatic carbocycles. The number of rotatable bonds is 6. The van der Waals surface area contributed by atoms with E-state index in [-0.39, 0.29) is 5.16 Å². The average molecular weight is 385 g/mol. The Labute approximate surface area is 168 Å². The van der Waals surface area contributed by atoms with Crippen molar-refractivity contribution in [2.75, 3.05) is 38.0 Å². The van der Waals surface area contributed by atoms with E-state index in [1.54, 1.807) is 0 Å². The van der Waals surface area contributed by atoms with Gasteiger partial charge in [-0.1, -0.05) is 58.9 Å². The van der Waals surface area contributed by atoms with Gasteiger partial charge < -0.3 is 9.80 Å². The Kier molecular flexibility index (Phi) is 6.63. The molecule has 0 aliphatic heterocycles. The first-order valence-electron chi connectivity index (χ1n) is 9.74. The summed E-state index contributed by atoms with van der Waals surface area (Å²) in [5.41, 5.74) is 5.30. The zero-order chi connectivity index (χ0) is 20.4. The summed E-state index contributed by atoms with van der Waals surface area (Å²) in [6.45, 7) is 11.9. The lowest BCUT2D eigenvalue weighted by atomic mass is 9.81. The predicted octanol–water partition coefficient (Wildman–Crippen LogP) is 6.21. The van der Waals surface area contributed by atoms with Crippen molar-refractivity contribution in [1.29, 1.82) is 0 Å². The van der Waals surface area contributed by atoms with E-state index >= 15 is 0 Å². The minimum atomic E-state index is 0.178. The molecule has 3 heteroatoms. The maximum absolute atomic E-state index is 2.43. The van der Waals surface area contributed by atoms with Crippen molar-refractivity contribution in [3.8, 4) is 0 Å². The summed E-state index contributed by atoms with van der Waals surface area (Å²) in [7, 11) is 9.24. The molecule has 0 fully saturated rings. The van der Waals surface area contributed by atoms with Gasteiger partial charge in [0.05, 0.1) is 0 Å². The standard InChI is InChI=1S/C24H37N2P/c1-23(2,3)27-24(4,5)22(18-10-14-20(15-11-18)25(6)7)19-12-16-21(17-13-19)26(8)9/h10-17,22,27H,1-9H3. The van der Waals surface area contributed by atoms with Gasteiger partial charge in [0.2, 0.25) is 0 Å². The molecular formula is C24H37N2P. The fraction of sp³-hybridized carbons (Fsp3) is 0.500. The Bertz CT molecular complexity index is 671. The largest absolute Gasteiger partial charge is 0.378 e. The minimum Gasteiger partial charge on any atom is -0.378 e. The Balaban J connectivity index is 2.50. The Morgan fingerprint density at radius 2 is 0.963 bits per heavy atom. The number of benzene rings is 2. The van der Waals surface area contributed by atoms with E-state index in [9.17, 15) is 0 Å². The van der Waals surface area contributed by atoms with Crippen LogP contribution in [0.1, 0.15) is 51.7 Å². The maximum Gasteiger partial charge on any atom is 0.0361 e. The number of nitrogens with zero attached hydrogens (tertiary/aromatic N) is 2. The van der Waals surface area contributed by atoms with E-state index in [1.165, 1.54) is 22.5 Å². The van der Waals surface area contributed by atoms with Crippen molar-refractivity contribution in [2.24, 2.45) is 0 Å². The van der Waals surface area contributed by atoms with Crippen LogP contribution in [0.5, 0.6) is 0 Å². The predicted molar refractivity (Wildman–Crippen MR) is 126 cm³/mol. The summed E-state index contributed by atoms with van der Waals surface area (Å²) in [5, 5.41) is 0.492. The van der Waals surface area contributed by atoms with Gasteiger partial charge in [0, 0.05) is 45.5 Å². The topological polar surface area (TPSA) is 6.48 Å². The second-order valence-electron chi connectivity index (χ2n) is 9.50. The van der Waals surface area contributed by atoms with Crippen LogP contribution in [-0.4, -0.2) is 38.5 Å². The molecule has 148 valence electrons. The molecule has 0 aromatic heterocycles. The molecule has 1 unspecified atom stereocenters. The first-order valence-corrected chi connectivity index (χ1v) is 10.7. The van der Waals surface area contributed by atoms with E-state index in [0.717, 1.165) is 8.58 Å². The molecule has 0 saturated heterocycles. The fourth-order valence-corrected chi connectivity index (χ4v) is 6.40. The van der Waals surface area contributed by atoms with Gasteiger partial charge in [-0.15, -0.1) is 8.58 Å². The third kappa shape index (κ3) is 5.72. The number of anilines is 2. The molecular weight excluding hydrogens is 347 g/mol. The Morgan fingerprint density at radius 3 is 1.22 bits per heavy atom. The van der Waals surface area contributed by atoms with Crippen LogP contribution in [0.15, 0.2) is 48.5 Å². The molecule has 2 aromatic carbocycles. The second-order valence-corrected chi connectivity index (χ2v) is 12.5. The van der Waals surface area contributed by atoms with E-state index < -0.39 is 0 Å². The molecule has 2 rings (SSSR count).